The monoisotopic (exact) mass is 179 g/mol. The zero-order valence-electron chi connectivity index (χ0n) is 6.35. The van der Waals surface area contributed by atoms with Crippen LogP contribution in [-0.4, -0.2) is 31.2 Å². The van der Waals surface area contributed by atoms with Gasteiger partial charge in [0.1, 0.15) is 11.2 Å². The lowest BCUT2D eigenvalue weighted by Gasteiger charge is -1.87. The molecule has 0 radical (unpaired) electrons. The number of anilines is 1. The van der Waals surface area contributed by atoms with E-state index >= 15 is 0 Å². The lowest BCUT2D eigenvalue weighted by atomic mass is 10.4. The topological polar surface area (TPSA) is 118 Å². The molecule has 0 aliphatic rings. The fraction of sp³-hybridized carbons (Fsp3) is 0. The summed E-state index contributed by atoms with van der Waals surface area (Å²) in [6, 6.07) is 1.35. The number of rotatable bonds is 1. The van der Waals surface area contributed by atoms with Crippen molar-refractivity contribution in [2.24, 2.45) is 0 Å². The summed E-state index contributed by atoms with van der Waals surface area (Å²) in [4.78, 5) is 16.8. The van der Waals surface area contributed by atoms with Crippen molar-refractivity contribution in [3.05, 3.63) is 11.8 Å². The van der Waals surface area contributed by atoms with Crippen molar-refractivity contribution in [2.75, 3.05) is 5.73 Å². The molecule has 0 atom stereocenters. The highest BCUT2D eigenvalue weighted by Gasteiger charge is 2.09. The Labute approximate surface area is 71.6 Å². The fourth-order valence-electron chi connectivity index (χ4n) is 0.956. The number of nitrogens with two attached hydrogens (primary N) is 1. The molecule has 0 aliphatic heterocycles. The van der Waals surface area contributed by atoms with Crippen LogP contribution in [-0.2, 0) is 0 Å². The van der Waals surface area contributed by atoms with Crippen LogP contribution in [0.1, 0.15) is 10.5 Å². The van der Waals surface area contributed by atoms with Crippen molar-refractivity contribution >= 4 is 23.1 Å². The van der Waals surface area contributed by atoms with Crippen LogP contribution in [0.2, 0.25) is 0 Å². The Hall–Kier alpha value is -2.18. The number of nitrogen functional groups attached to an aromatic ring is 1. The number of hydrogen-bond donors (Lipinski definition) is 3. The minimum Gasteiger partial charge on any atom is -0.477 e. The standard InChI is InChI=1S/C6H5N5O2/c7-6-9-2-1-3(5(12)13)8-4(2)10-11-6/h1H,(H,8,10)(H,12,13)(H2,7,9,11). The predicted octanol–water partition coefficient (Wildman–Crippen LogP) is -0.367. The first-order chi connectivity index (χ1) is 6.16. The molecule has 2 aromatic rings. The van der Waals surface area contributed by atoms with Crippen LogP contribution in [0.15, 0.2) is 6.07 Å². The molecule has 2 heterocycles. The van der Waals surface area contributed by atoms with E-state index in [1.165, 1.54) is 6.07 Å². The van der Waals surface area contributed by atoms with Crippen molar-refractivity contribution in [1.29, 1.82) is 0 Å². The molecular formula is C6H5N5O2. The van der Waals surface area contributed by atoms with E-state index in [2.05, 4.69) is 20.2 Å². The summed E-state index contributed by atoms with van der Waals surface area (Å²) < 4.78 is 0. The van der Waals surface area contributed by atoms with Gasteiger partial charge in [-0.15, -0.1) is 10.2 Å². The summed E-state index contributed by atoms with van der Waals surface area (Å²) in [5.74, 6) is -1.05. The van der Waals surface area contributed by atoms with Crippen LogP contribution < -0.4 is 5.73 Å². The van der Waals surface area contributed by atoms with Gasteiger partial charge in [0.25, 0.3) is 0 Å². The van der Waals surface area contributed by atoms with E-state index in [4.69, 9.17) is 10.8 Å². The first-order valence-electron chi connectivity index (χ1n) is 3.39. The SMILES string of the molecule is Nc1nnc2[nH]c(C(=O)O)cc2n1. The van der Waals surface area contributed by atoms with Crippen LogP contribution in [0.5, 0.6) is 0 Å². The Balaban J connectivity index is 2.68. The van der Waals surface area contributed by atoms with Gasteiger partial charge in [-0.25, -0.2) is 9.78 Å². The van der Waals surface area contributed by atoms with E-state index in [9.17, 15) is 4.79 Å². The van der Waals surface area contributed by atoms with Crippen LogP contribution >= 0.6 is 0 Å². The van der Waals surface area contributed by atoms with Gasteiger partial charge in [0.15, 0.2) is 5.65 Å². The number of nitrogens with zero attached hydrogens (tertiary/aromatic N) is 3. The molecular weight excluding hydrogens is 174 g/mol. The molecule has 66 valence electrons. The Morgan fingerprint density at radius 3 is 3.00 bits per heavy atom. The predicted molar refractivity (Wildman–Crippen MR) is 43.1 cm³/mol. The molecule has 2 aromatic heterocycles. The highest BCUT2D eigenvalue weighted by molar-refractivity contribution is 5.91. The highest BCUT2D eigenvalue weighted by Crippen LogP contribution is 2.09. The van der Waals surface area contributed by atoms with Gasteiger partial charge in [0, 0.05) is 0 Å². The van der Waals surface area contributed by atoms with Gasteiger partial charge >= 0.3 is 5.97 Å². The first-order valence-corrected chi connectivity index (χ1v) is 3.39. The summed E-state index contributed by atoms with van der Waals surface area (Å²) in [5, 5.41) is 15.7. The smallest absolute Gasteiger partial charge is 0.352 e. The Morgan fingerprint density at radius 2 is 2.31 bits per heavy atom. The second-order valence-electron chi connectivity index (χ2n) is 2.39. The van der Waals surface area contributed by atoms with Crippen molar-refractivity contribution in [3.63, 3.8) is 0 Å². The molecule has 0 aliphatic carbocycles. The van der Waals surface area contributed by atoms with Crippen LogP contribution in [0.4, 0.5) is 5.95 Å². The number of nitrogens with one attached hydrogen (secondary N) is 1. The number of aromatic carboxylic acids is 1. The second-order valence-corrected chi connectivity index (χ2v) is 2.39. The molecule has 0 amide bonds. The number of aromatic nitrogens is 4. The van der Waals surface area contributed by atoms with E-state index in [0.717, 1.165) is 0 Å². The molecule has 4 N–H and O–H groups in total. The summed E-state index contributed by atoms with van der Waals surface area (Å²) in [6.45, 7) is 0. The van der Waals surface area contributed by atoms with E-state index in [1.54, 1.807) is 0 Å². The van der Waals surface area contributed by atoms with Gasteiger partial charge in [-0.1, -0.05) is 0 Å². The van der Waals surface area contributed by atoms with Crippen LogP contribution in [0.3, 0.4) is 0 Å². The average molecular weight is 179 g/mol. The molecule has 0 unspecified atom stereocenters. The molecule has 0 fully saturated rings. The van der Waals surface area contributed by atoms with Crippen molar-refractivity contribution in [3.8, 4) is 0 Å². The summed E-state index contributed by atoms with van der Waals surface area (Å²) in [5.41, 5.74) is 5.98. The summed E-state index contributed by atoms with van der Waals surface area (Å²) in [6.07, 6.45) is 0. The van der Waals surface area contributed by atoms with Crippen molar-refractivity contribution in [1.82, 2.24) is 20.2 Å². The molecule has 13 heavy (non-hydrogen) atoms. The minimum atomic E-state index is -1.07. The van der Waals surface area contributed by atoms with Gasteiger partial charge in [-0.2, -0.15) is 0 Å². The molecule has 0 saturated carbocycles. The van der Waals surface area contributed by atoms with Gasteiger partial charge in [-0.05, 0) is 6.07 Å². The lowest BCUT2D eigenvalue weighted by molar-refractivity contribution is 0.0691. The highest BCUT2D eigenvalue weighted by atomic mass is 16.4. The third-order valence-electron chi connectivity index (χ3n) is 1.49. The maximum atomic E-state index is 10.5. The zero-order chi connectivity index (χ0) is 9.42. The zero-order valence-corrected chi connectivity index (χ0v) is 6.35. The van der Waals surface area contributed by atoms with Crippen molar-refractivity contribution in [2.45, 2.75) is 0 Å². The van der Waals surface area contributed by atoms with E-state index in [-0.39, 0.29) is 11.6 Å². The number of aromatic amines is 1. The van der Waals surface area contributed by atoms with E-state index in [1.807, 2.05) is 0 Å². The first kappa shape index (κ1) is 7.47. The largest absolute Gasteiger partial charge is 0.477 e. The van der Waals surface area contributed by atoms with Gasteiger partial charge in [0.2, 0.25) is 5.95 Å². The van der Waals surface area contributed by atoms with Gasteiger partial charge in [0.05, 0.1) is 0 Å². The maximum absolute atomic E-state index is 10.5. The Morgan fingerprint density at radius 1 is 1.54 bits per heavy atom. The summed E-state index contributed by atoms with van der Waals surface area (Å²) in [7, 11) is 0. The lowest BCUT2D eigenvalue weighted by Crippen LogP contribution is -1.96. The Bertz CT molecular complexity index is 477. The Kier molecular flexibility index (Phi) is 1.38. The van der Waals surface area contributed by atoms with Gasteiger partial charge in [-0.3, -0.25) is 0 Å². The third-order valence-corrected chi connectivity index (χ3v) is 1.49. The molecule has 2 rings (SSSR count). The second kappa shape index (κ2) is 2.41. The number of carboxylic acid groups (broad SMARTS) is 1. The normalized spacial score (nSPS) is 10.5. The van der Waals surface area contributed by atoms with Crippen molar-refractivity contribution < 1.29 is 9.90 Å². The number of carboxylic acids is 1. The molecule has 0 aromatic carbocycles. The average Bonchev–Trinajstić information content (AvgIpc) is 2.46. The maximum Gasteiger partial charge on any atom is 0.352 e. The van der Waals surface area contributed by atoms with E-state index in [0.29, 0.717) is 11.2 Å². The summed E-state index contributed by atoms with van der Waals surface area (Å²) >= 11 is 0. The van der Waals surface area contributed by atoms with Crippen LogP contribution in [0.25, 0.3) is 11.2 Å². The quantitative estimate of drug-likeness (QED) is 0.549. The molecule has 7 nitrogen and oxygen atoms in total. The van der Waals surface area contributed by atoms with E-state index < -0.39 is 5.97 Å². The molecule has 0 spiro atoms. The number of H-pyrrole nitrogens is 1. The molecule has 0 saturated heterocycles. The van der Waals surface area contributed by atoms with Gasteiger partial charge < -0.3 is 15.8 Å². The fourth-order valence-corrected chi connectivity index (χ4v) is 0.956. The van der Waals surface area contributed by atoms with Crippen LogP contribution in [0, 0.1) is 0 Å². The third kappa shape index (κ3) is 1.15. The molecule has 0 bridgehead atoms. The minimum absolute atomic E-state index is 0.0161. The number of carbonyl (C=O) groups is 1. The molecule has 7 heteroatoms. The number of fused-ring (bicyclic) bond motifs is 1. The number of hydrogen-bond acceptors (Lipinski definition) is 5.